The van der Waals surface area contributed by atoms with Crippen LogP contribution < -0.4 is 9.47 Å². The highest BCUT2D eigenvalue weighted by atomic mass is 35.5. The number of phenolic OH excluding ortho intramolecular Hbond substituents is 1. The average Bonchev–Trinajstić information content (AvgIpc) is 3.35. The van der Waals surface area contributed by atoms with Gasteiger partial charge in [0, 0.05) is 22.9 Å². The third-order valence-electron chi connectivity index (χ3n) is 6.58. The number of rotatable bonds is 4. The summed E-state index contributed by atoms with van der Waals surface area (Å²) in [4.78, 5) is 4.60. The molecule has 176 valence electrons. The van der Waals surface area contributed by atoms with Gasteiger partial charge >= 0.3 is 0 Å². The summed E-state index contributed by atoms with van der Waals surface area (Å²) in [7, 11) is 3.19. The lowest BCUT2D eigenvalue weighted by molar-refractivity contribution is 0.354. The lowest BCUT2D eigenvalue weighted by atomic mass is 9.90. The first-order chi connectivity index (χ1) is 16.3. The maximum atomic E-state index is 10.0. The molecule has 0 radical (unpaired) electrons. The number of hydrogen-bond donors (Lipinski definition) is 1. The molecule has 34 heavy (non-hydrogen) atoms. The first kappa shape index (κ1) is 22.3. The second-order valence-corrected chi connectivity index (χ2v) is 9.08. The highest BCUT2D eigenvalue weighted by Crippen LogP contribution is 2.53. The molecule has 1 unspecified atom stereocenters. The van der Waals surface area contributed by atoms with Gasteiger partial charge in [0.2, 0.25) is 0 Å². The van der Waals surface area contributed by atoms with E-state index in [1.807, 2.05) is 19.1 Å². The topological polar surface area (TPSA) is 82.5 Å². The number of aromatic nitrogens is 3. The minimum atomic E-state index is 0.118. The van der Waals surface area contributed by atoms with E-state index in [0.717, 1.165) is 51.2 Å². The summed E-state index contributed by atoms with van der Waals surface area (Å²) >= 11 is 6.86. The van der Waals surface area contributed by atoms with Gasteiger partial charge in [-0.3, -0.25) is 0 Å². The van der Waals surface area contributed by atoms with Crippen molar-refractivity contribution in [3.8, 4) is 51.1 Å². The molecule has 0 amide bonds. The summed E-state index contributed by atoms with van der Waals surface area (Å²) < 4.78 is 19.2. The van der Waals surface area contributed by atoms with Crippen LogP contribution in [0.2, 0.25) is 5.02 Å². The van der Waals surface area contributed by atoms with Gasteiger partial charge in [0.05, 0.1) is 30.5 Å². The summed E-state index contributed by atoms with van der Waals surface area (Å²) in [5, 5.41) is 14.6. The fourth-order valence-electron chi connectivity index (χ4n) is 5.17. The molecule has 1 aliphatic heterocycles. The van der Waals surface area contributed by atoms with E-state index in [2.05, 4.69) is 28.6 Å². The summed E-state index contributed by atoms with van der Waals surface area (Å²) in [5.41, 5.74) is 7.70. The van der Waals surface area contributed by atoms with Gasteiger partial charge in [0.15, 0.2) is 17.3 Å². The summed E-state index contributed by atoms with van der Waals surface area (Å²) in [6.45, 7) is 8.05. The van der Waals surface area contributed by atoms with Crippen LogP contribution >= 0.6 is 11.6 Å². The number of benzene rings is 2. The Balaban J connectivity index is 1.94. The second-order valence-electron chi connectivity index (χ2n) is 8.71. The van der Waals surface area contributed by atoms with Gasteiger partial charge in [0.25, 0.3) is 5.89 Å². The van der Waals surface area contributed by atoms with Crippen molar-refractivity contribution in [1.29, 1.82) is 0 Å². The van der Waals surface area contributed by atoms with E-state index in [0.29, 0.717) is 28.2 Å². The van der Waals surface area contributed by atoms with Crippen LogP contribution in [0.1, 0.15) is 35.6 Å². The fourth-order valence-corrected chi connectivity index (χ4v) is 5.52. The second kappa shape index (κ2) is 8.09. The maximum absolute atomic E-state index is 10.0. The van der Waals surface area contributed by atoms with Crippen LogP contribution in [0, 0.1) is 20.8 Å². The molecule has 2 aromatic heterocycles. The molecule has 0 saturated heterocycles. The maximum Gasteiger partial charge on any atom is 0.260 e. The molecular formula is C26H26ClN3O4. The summed E-state index contributed by atoms with van der Waals surface area (Å²) in [5.74, 6) is 2.29. The van der Waals surface area contributed by atoms with Crippen LogP contribution in [0.5, 0.6) is 17.2 Å². The number of halogens is 1. The fraction of sp³-hybridized carbons (Fsp3) is 0.308. The molecule has 3 heterocycles. The van der Waals surface area contributed by atoms with Crippen LogP contribution in [0.4, 0.5) is 0 Å². The van der Waals surface area contributed by atoms with Crippen molar-refractivity contribution in [3.63, 3.8) is 0 Å². The normalized spacial score (nSPS) is 14.6. The molecule has 1 N–H and O–H groups in total. The zero-order valence-corrected chi connectivity index (χ0v) is 20.7. The predicted molar refractivity (Wildman–Crippen MR) is 131 cm³/mol. The molecule has 0 fully saturated rings. The Hall–Kier alpha value is -3.45. The van der Waals surface area contributed by atoms with E-state index in [1.54, 1.807) is 33.3 Å². The standard InChI is InChI=1S/C26H26ClN3O4/c1-12-9-16(31)7-8-17(12)21-14(3)30-13(2)10-18-19(11-20(32-5)25(33-6)23(18)27)24(30)22(21)26-28-15(4)29-34-26/h7-9,11,13,31H,10H2,1-6H3. The number of phenols is 1. The lowest BCUT2D eigenvalue weighted by Crippen LogP contribution is -2.18. The summed E-state index contributed by atoms with van der Waals surface area (Å²) in [6.07, 6.45) is 0.730. The van der Waals surface area contributed by atoms with Gasteiger partial charge in [-0.05, 0) is 69.0 Å². The first-order valence-electron chi connectivity index (χ1n) is 11.1. The van der Waals surface area contributed by atoms with Crippen LogP contribution in [0.3, 0.4) is 0 Å². The highest BCUT2D eigenvalue weighted by molar-refractivity contribution is 6.33. The highest BCUT2D eigenvalue weighted by Gasteiger charge is 2.36. The molecule has 2 aromatic carbocycles. The third kappa shape index (κ3) is 3.18. The number of nitrogens with zero attached hydrogens (tertiary/aromatic N) is 3. The Morgan fingerprint density at radius 2 is 1.85 bits per heavy atom. The van der Waals surface area contributed by atoms with Crippen molar-refractivity contribution in [2.45, 2.75) is 40.2 Å². The molecular weight excluding hydrogens is 454 g/mol. The van der Waals surface area contributed by atoms with E-state index in [4.69, 9.17) is 25.6 Å². The lowest BCUT2D eigenvalue weighted by Gasteiger charge is -2.29. The summed E-state index contributed by atoms with van der Waals surface area (Å²) in [6, 6.07) is 7.47. The van der Waals surface area contributed by atoms with Crippen LogP contribution in [0.25, 0.3) is 33.8 Å². The van der Waals surface area contributed by atoms with Crippen molar-refractivity contribution in [2.75, 3.05) is 14.2 Å². The van der Waals surface area contributed by atoms with Crippen molar-refractivity contribution in [2.24, 2.45) is 0 Å². The molecule has 0 bridgehead atoms. The Morgan fingerprint density at radius 1 is 1.09 bits per heavy atom. The number of aromatic hydroxyl groups is 1. The van der Waals surface area contributed by atoms with Crippen LogP contribution in [0.15, 0.2) is 28.8 Å². The Kier molecular flexibility index (Phi) is 5.32. The first-order valence-corrected chi connectivity index (χ1v) is 11.4. The number of hydrogen-bond acceptors (Lipinski definition) is 6. The molecule has 5 rings (SSSR count). The smallest absolute Gasteiger partial charge is 0.260 e. The zero-order chi connectivity index (χ0) is 24.3. The Bertz CT molecular complexity index is 1440. The van der Waals surface area contributed by atoms with Gasteiger partial charge in [0.1, 0.15) is 5.75 Å². The molecule has 4 aromatic rings. The van der Waals surface area contributed by atoms with Crippen molar-refractivity contribution < 1.29 is 19.1 Å². The minimum Gasteiger partial charge on any atom is -0.508 e. The molecule has 7 nitrogen and oxygen atoms in total. The largest absolute Gasteiger partial charge is 0.508 e. The molecule has 0 aliphatic carbocycles. The van der Waals surface area contributed by atoms with E-state index in [1.165, 1.54) is 0 Å². The molecule has 1 aliphatic rings. The minimum absolute atomic E-state index is 0.118. The number of ether oxygens (including phenoxy) is 2. The van der Waals surface area contributed by atoms with E-state index < -0.39 is 0 Å². The predicted octanol–water partition coefficient (Wildman–Crippen LogP) is 6.29. The Morgan fingerprint density at radius 3 is 2.47 bits per heavy atom. The molecule has 0 saturated carbocycles. The number of aryl methyl sites for hydroxylation is 2. The Labute approximate surface area is 202 Å². The van der Waals surface area contributed by atoms with Gasteiger partial charge in [-0.1, -0.05) is 22.8 Å². The molecule has 8 heteroatoms. The van der Waals surface area contributed by atoms with Crippen molar-refractivity contribution >= 4 is 11.6 Å². The van der Waals surface area contributed by atoms with Crippen molar-refractivity contribution in [3.05, 3.63) is 51.9 Å². The third-order valence-corrected chi connectivity index (χ3v) is 6.98. The van der Waals surface area contributed by atoms with Crippen LogP contribution in [-0.4, -0.2) is 34.0 Å². The number of methoxy groups -OCH3 is 2. The van der Waals surface area contributed by atoms with Crippen molar-refractivity contribution in [1.82, 2.24) is 14.7 Å². The van der Waals surface area contributed by atoms with E-state index in [9.17, 15) is 5.11 Å². The van der Waals surface area contributed by atoms with Gasteiger partial charge in [-0.2, -0.15) is 4.98 Å². The SMILES string of the molecule is COc1cc2c(c(Cl)c1OC)CC(C)n1c(C)c(-c3ccc(O)cc3C)c(-c3nc(C)no3)c1-2. The number of fused-ring (bicyclic) bond motifs is 3. The van der Waals surface area contributed by atoms with Gasteiger partial charge in [-0.15, -0.1) is 0 Å². The van der Waals surface area contributed by atoms with Gasteiger partial charge < -0.3 is 23.7 Å². The average molecular weight is 480 g/mol. The van der Waals surface area contributed by atoms with E-state index in [-0.39, 0.29) is 11.8 Å². The van der Waals surface area contributed by atoms with E-state index >= 15 is 0 Å². The quantitative estimate of drug-likeness (QED) is 0.370. The monoisotopic (exact) mass is 479 g/mol. The van der Waals surface area contributed by atoms with Crippen LogP contribution in [-0.2, 0) is 6.42 Å². The van der Waals surface area contributed by atoms with Gasteiger partial charge in [-0.25, -0.2) is 0 Å². The zero-order valence-electron chi connectivity index (χ0n) is 20.0. The molecule has 0 spiro atoms. The molecule has 1 atom stereocenters.